The summed E-state index contributed by atoms with van der Waals surface area (Å²) in [7, 11) is 0. The molecule has 2 aromatic rings. The Morgan fingerprint density at radius 2 is 2.32 bits per heavy atom. The molecule has 0 saturated heterocycles. The third-order valence-corrected chi connectivity index (χ3v) is 3.63. The maximum absolute atomic E-state index is 13.6. The van der Waals surface area contributed by atoms with Crippen LogP contribution in [-0.2, 0) is 11.2 Å². The van der Waals surface area contributed by atoms with Crippen molar-refractivity contribution in [2.75, 3.05) is 6.61 Å². The zero-order valence-electron chi connectivity index (χ0n) is 10.2. The van der Waals surface area contributed by atoms with Crippen molar-refractivity contribution in [2.45, 2.75) is 13.3 Å². The van der Waals surface area contributed by atoms with Crippen LogP contribution in [0.1, 0.15) is 28.0 Å². The number of carbonyl (C=O) groups excluding carboxylic acids is 1. The SMILES string of the molecule is CCOC(=O)c1csc(Cc2c(F)cccc2Cl)n1. The number of rotatable bonds is 4. The predicted molar refractivity (Wildman–Crippen MR) is 72.3 cm³/mol. The quantitative estimate of drug-likeness (QED) is 0.808. The van der Waals surface area contributed by atoms with Gasteiger partial charge in [0.25, 0.3) is 0 Å². The van der Waals surface area contributed by atoms with E-state index in [1.165, 1.54) is 17.4 Å². The lowest BCUT2D eigenvalue weighted by Crippen LogP contribution is -2.05. The van der Waals surface area contributed by atoms with Crippen LogP contribution in [0.5, 0.6) is 0 Å². The summed E-state index contributed by atoms with van der Waals surface area (Å²) in [6, 6.07) is 4.52. The van der Waals surface area contributed by atoms with Gasteiger partial charge >= 0.3 is 5.97 Å². The van der Waals surface area contributed by atoms with E-state index in [4.69, 9.17) is 16.3 Å². The highest BCUT2D eigenvalue weighted by Crippen LogP contribution is 2.23. The molecule has 0 radical (unpaired) electrons. The molecule has 1 aromatic carbocycles. The van der Waals surface area contributed by atoms with Crippen LogP contribution >= 0.6 is 22.9 Å². The topological polar surface area (TPSA) is 39.2 Å². The van der Waals surface area contributed by atoms with Gasteiger partial charge in [0, 0.05) is 22.4 Å². The van der Waals surface area contributed by atoms with Crippen LogP contribution in [0.3, 0.4) is 0 Å². The number of halogens is 2. The van der Waals surface area contributed by atoms with Gasteiger partial charge in [-0.3, -0.25) is 0 Å². The standard InChI is InChI=1S/C13H11ClFNO2S/c1-2-18-13(17)11-7-19-12(16-11)6-8-9(14)4-3-5-10(8)15/h3-5,7H,2,6H2,1H3. The van der Waals surface area contributed by atoms with E-state index < -0.39 is 5.97 Å². The molecule has 0 unspecified atom stereocenters. The summed E-state index contributed by atoms with van der Waals surface area (Å²) in [6.07, 6.45) is 0.260. The van der Waals surface area contributed by atoms with Crippen LogP contribution in [0.15, 0.2) is 23.6 Å². The van der Waals surface area contributed by atoms with Crippen molar-refractivity contribution >= 4 is 28.9 Å². The molecule has 19 heavy (non-hydrogen) atoms. The average Bonchev–Trinajstić information content (AvgIpc) is 2.83. The Bertz CT molecular complexity index is 580. The number of ether oxygens (including phenoxy) is 1. The Morgan fingerprint density at radius 3 is 3.00 bits per heavy atom. The predicted octanol–water partition coefficient (Wildman–Crippen LogP) is 3.70. The van der Waals surface area contributed by atoms with E-state index in [9.17, 15) is 9.18 Å². The van der Waals surface area contributed by atoms with Crippen LogP contribution in [0.4, 0.5) is 4.39 Å². The minimum absolute atomic E-state index is 0.245. The van der Waals surface area contributed by atoms with Crippen LogP contribution in [-0.4, -0.2) is 17.6 Å². The van der Waals surface area contributed by atoms with Gasteiger partial charge in [-0.05, 0) is 19.1 Å². The maximum atomic E-state index is 13.6. The number of esters is 1. The van der Waals surface area contributed by atoms with Crippen LogP contribution in [0.25, 0.3) is 0 Å². The first kappa shape index (κ1) is 14.0. The van der Waals surface area contributed by atoms with Crippen LogP contribution in [0, 0.1) is 5.82 Å². The largest absolute Gasteiger partial charge is 0.461 e. The third-order valence-electron chi connectivity index (χ3n) is 2.43. The van der Waals surface area contributed by atoms with Crippen LogP contribution in [0.2, 0.25) is 5.02 Å². The Balaban J connectivity index is 2.18. The first-order chi connectivity index (χ1) is 9.11. The zero-order valence-corrected chi connectivity index (χ0v) is 11.7. The van der Waals surface area contributed by atoms with E-state index >= 15 is 0 Å². The van der Waals surface area contributed by atoms with Gasteiger partial charge in [-0.2, -0.15) is 0 Å². The Morgan fingerprint density at radius 1 is 1.53 bits per heavy atom. The second kappa shape index (κ2) is 6.12. The first-order valence-electron chi connectivity index (χ1n) is 5.66. The van der Waals surface area contributed by atoms with Crippen molar-refractivity contribution in [3.8, 4) is 0 Å². The fraction of sp³-hybridized carbons (Fsp3) is 0.231. The molecule has 0 bridgehead atoms. The van der Waals surface area contributed by atoms with E-state index in [2.05, 4.69) is 4.98 Å². The Kier molecular flexibility index (Phi) is 4.50. The summed E-state index contributed by atoms with van der Waals surface area (Å²) in [6.45, 7) is 2.02. The third kappa shape index (κ3) is 3.30. The molecule has 0 N–H and O–H groups in total. The van der Waals surface area contributed by atoms with Crippen LogP contribution < -0.4 is 0 Å². The normalized spacial score (nSPS) is 10.5. The number of hydrogen-bond acceptors (Lipinski definition) is 4. The van der Waals surface area contributed by atoms with Crippen molar-refractivity contribution in [1.82, 2.24) is 4.98 Å². The monoisotopic (exact) mass is 299 g/mol. The molecule has 6 heteroatoms. The van der Waals surface area contributed by atoms with Crippen molar-refractivity contribution < 1.29 is 13.9 Å². The molecule has 0 aliphatic carbocycles. The summed E-state index contributed by atoms with van der Waals surface area (Å²) in [4.78, 5) is 15.6. The highest BCUT2D eigenvalue weighted by molar-refractivity contribution is 7.09. The molecule has 0 aliphatic heterocycles. The van der Waals surface area contributed by atoms with Gasteiger partial charge in [0.15, 0.2) is 5.69 Å². The van der Waals surface area contributed by atoms with E-state index in [-0.39, 0.29) is 17.9 Å². The van der Waals surface area contributed by atoms with Crippen molar-refractivity contribution in [2.24, 2.45) is 0 Å². The molecule has 1 heterocycles. The summed E-state index contributed by atoms with van der Waals surface area (Å²) < 4.78 is 18.5. The minimum atomic E-state index is -0.468. The highest BCUT2D eigenvalue weighted by atomic mass is 35.5. The highest BCUT2D eigenvalue weighted by Gasteiger charge is 2.14. The van der Waals surface area contributed by atoms with Crippen molar-refractivity contribution in [3.05, 3.63) is 50.7 Å². The Hall–Kier alpha value is -1.46. The lowest BCUT2D eigenvalue weighted by atomic mass is 10.1. The minimum Gasteiger partial charge on any atom is -0.461 e. The molecule has 0 amide bonds. The lowest BCUT2D eigenvalue weighted by Gasteiger charge is -2.03. The molecular weight excluding hydrogens is 289 g/mol. The average molecular weight is 300 g/mol. The maximum Gasteiger partial charge on any atom is 0.357 e. The molecule has 0 saturated carbocycles. The Labute approximate surface area is 119 Å². The number of thiazole rings is 1. The summed E-state index contributed by atoms with van der Waals surface area (Å²) in [5, 5.41) is 2.57. The van der Waals surface area contributed by atoms with Gasteiger partial charge in [-0.25, -0.2) is 14.2 Å². The van der Waals surface area contributed by atoms with Gasteiger partial charge in [0.2, 0.25) is 0 Å². The van der Waals surface area contributed by atoms with Crippen molar-refractivity contribution in [3.63, 3.8) is 0 Å². The zero-order chi connectivity index (χ0) is 13.8. The first-order valence-corrected chi connectivity index (χ1v) is 6.92. The smallest absolute Gasteiger partial charge is 0.357 e. The van der Waals surface area contributed by atoms with Crippen molar-refractivity contribution in [1.29, 1.82) is 0 Å². The van der Waals surface area contributed by atoms with E-state index in [0.717, 1.165) is 0 Å². The molecule has 2 rings (SSSR count). The number of aromatic nitrogens is 1. The van der Waals surface area contributed by atoms with E-state index in [1.54, 1.807) is 24.4 Å². The second-order valence-electron chi connectivity index (χ2n) is 3.72. The number of benzene rings is 1. The summed E-state index contributed by atoms with van der Waals surface area (Å²) >= 11 is 7.22. The second-order valence-corrected chi connectivity index (χ2v) is 5.07. The number of nitrogens with zero attached hydrogens (tertiary/aromatic N) is 1. The van der Waals surface area contributed by atoms with E-state index in [1.807, 2.05) is 0 Å². The van der Waals surface area contributed by atoms with Gasteiger partial charge in [-0.1, -0.05) is 17.7 Å². The molecular formula is C13H11ClFNO2S. The molecule has 100 valence electrons. The number of carbonyl (C=O) groups is 1. The van der Waals surface area contributed by atoms with E-state index in [0.29, 0.717) is 22.2 Å². The fourth-order valence-corrected chi connectivity index (χ4v) is 2.55. The van der Waals surface area contributed by atoms with Gasteiger partial charge in [0.1, 0.15) is 5.82 Å². The molecule has 0 fully saturated rings. The molecule has 0 spiro atoms. The van der Waals surface area contributed by atoms with Gasteiger partial charge < -0.3 is 4.74 Å². The number of hydrogen-bond donors (Lipinski definition) is 0. The summed E-state index contributed by atoms with van der Waals surface area (Å²) in [5.41, 5.74) is 0.628. The van der Waals surface area contributed by atoms with Gasteiger partial charge in [-0.15, -0.1) is 11.3 Å². The molecule has 0 aliphatic rings. The fourth-order valence-electron chi connectivity index (χ4n) is 1.54. The lowest BCUT2D eigenvalue weighted by molar-refractivity contribution is 0.0520. The molecule has 0 atom stereocenters. The summed E-state index contributed by atoms with van der Waals surface area (Å²) in [5.74, 6) is -0.843. The van der Waals surface area contributed by atoms with Gasteiger partial charge in [0.05, 0.1) is 11.6 Å². The molecule has 3 nitrogen and oxygen atoms in total. The molecule has 1 aromatic heterocycles.